The van der Waals surface area contributed by atoms with Gasteiger partial charge < -0.3 is 4.74 Å². The molecular formula is C9H14O2. The molecule has 0 unspecified atom stereocenters. The van der Waals surface area contributed by atoms with Crippen LogP contribution in [0.25, 0.3) is 0 Å². The fraction of sp³-hybridized carbons (Fsp3) is 0.889. The van der Waals surface area contributed by atoms with Crippen LogP contribution >= 0.6 is 0 Å². The van der Waals surface area contributed by atoms with Crippen molar-refractivity contribution >= 4 is 5.78 Å². The van der Waals surface area contributed by atoms with E-state index in [1.54, 1.807) is 0 Å². The molecule has 11 heavy (non-hydrogen) atoms. The van der Waals surface area contributed by atoms with Crippen LogP contribution in [0.15, 0.2) is 0 Å². The zero-order valence-electron chi connectivity index (χ0n) is 6.93. The van der Waals surface area contributed by atoms with Crippen LogP contribution in [0.4, 0.5) is 0 Å². The van der Waals surface area contributed by atoms with Gasteiger partial charge in [0.2, 0.25) is 0 Å². The molecule has 0 aromatic heterocycles. The van der Waals surface area contributed by atoms with Crippen LogP contribution < -0.4 is 0 Å². The Bertz CT molecular complexity index is 188. The van der Waals surface area contributed by atoms with Crippen molar-refractivity contribution in [3.63, 3.8) is 0 Å². The highest BCUT2D eigenvalue weighted by atomic mass is 16.5. The average molecular weight is 154 g/mol. The molecule has 2 atom stereocenters. The van der Waals surface area contributed by atoms with Gasteiger partial charge >= 0.3 is 0 Å². The summed E-state index contributed by atoms with van der Waals surface area (Å²) in [4.78, 5) is 11.2. The Morgan fingerprint density at radius 2 is 2.45 bits per heavy atom. The number of hydrogen-bond acceptors (Lipinski definition) is 2. The summed E-state index contributed by atoms with van der Waals surface area (Å²) in [5.74, 6) is 0.392. The summed E-state index contributed by atoms with van der Waals surface area (Å²) >= 11 is 0. The molecule has 0 spiro atoms. The summed E-state index contributed by atoms with van der Waals surface area (Å²) in [5.41, 5.74) is -0.0990. The molecule has 2 heteroatoms. The summed E-state index contributed by atoms with van der Waals surface area (Å²) < 4.78 is 5.76. The smallest absolute Gasteiger partial charge is 0.138 e. The lowest BCUT2D eigenvalue weighted by Crippen LogP contribution is -2.45. The Hall–Kier alpha value is -0.370. The van der Waals surface area contributed by atoms with Gasteiger partial charge in [0.1, 0.15) is 5.78 Å². The number of carbonyl (C=O) groups excluding carboxylic acids is 1. The number of hydrogen-bond donors (Lipinski definition) is 0. The fourth-order valence-corrected chi connectivity index (χ4v) is 2.24. The molecule has 0 amide bonds. The van der Waals surface area contributed by atoms with Gasteiger partial charge in [-0.3, -0.25) is 4.79 Å². The number of carbonyl (C=O) groups is 1. The Labute approximate surface area is 66.9 Å². The van der Waals surface area contributed by atoms with Crippen LogP contribution in [0.1, 0.15) is 39.0 Å². The topological polar surface area (TPSA) is 26.3 Å². The highest BCUT2D eigenvalue weighted by molar-refractivity contribution is 5.80. The standard InChI is InChI=1S/C9H14O2/c1-9-4-2-3-8(11-9)5-7(10)6-9/h8H,2-6H2,1H3/t8-,9+/m0/s1. The zero-order chi connectivity index (χ0) is 7.90. The van der Waals surface area contributed by atoms with Crippen molar-refractivity contribution in [2.45, 2.75) is 50.7 Å². The maximum atomic E-state index is 11.2. The van der Waals surface area contributed by atoms with Crippen LogP contribution in [0.2, 0.25) is 0 Å². The normalized spacial score (nSPS) is 44.1. The molecule has 0 aromatic carbocycles. The molecule has 2 aliphatic rings. The second-order valence-corrected chi connectivity index (χ2v) is 4.00. The lowest BCUT2D eigenvalue weighted by atomic mass is 9.82. The van der Waals surface area contributed by atoms with Crippen molar-refractivity contribution < 1.29 is 9.53 Å². The Morgan fingerprint density at radius 3 is 3.18 bits per heavy atom. The molecule has 0 radical (unpaired) electrons. The van der Waals surface area contributed by atoms with E-state index < -0.39 is 0 Å². The molecule has 2 saturated heterocycles. The minimum Gasteiger partial charge on any atom is -0.371 e. The molecule has 0 saturated carbocycles. The minimum atomic E-state index is -0.0990. The molecule has 0 aliphatic carbocycles. The number of ketones is 1. The summed E-state index contributed by atoms with van der Waals surface area (Å²) in [5, 5.41) is 0. The highest BCUT2D eigenvalue weighted by Gasteiger charge is 2.39. The van der Waals surface area contributed by atoms with Gasteiger partial charge in [-0.2, -0.15) is 0 Å². The van der Waals surface area contributed by atoms with Crippen molar-refractivity contribution in [1.82, 2.24) is 0 Å². The van der Waals surface area contributed by atoms with E-state index in [4.69, 9.17) is 4.74 Å². The largest absolute Gasteiger partial charge is 0.371 e. The van der Waals surface area contributed by atoms with Crippen molar-refractivity contribution in [3.8, 4) is 0 Å². The predicted molar refractivity (Wildman–Crippen MR) is 41.4 cm³/mol. The first-order chi connectivity index (χ1) is 5.18. The van der Waals surface area contributed by atoms with Crippen molar-refractivity contribution in [3.05, 3.63) is 0 Å². The molecule has 2 nitrogen and oxygen atoms in total. The van der Waals surface area contributed by atoms with Crippen molar-refractivity contribution in [2.24, 2.45) is 0 Å². The quantitative estimate of drug-likeness (QED) is 0.530. The van der Waals surface area contributed by atoms with Crippen LogP contribution in [0.3, 0.4) is 0 Å². The van der Waals surface area contributed by atoms with Crippen molar-refractivity contribution in [2.75, 3.05) is 0 Å². The van der Waals surface area contributed by atoms with Gasteiger partial charge in [0.25, 0.3) is 0 Å². The van der Waals surface area contributed by atoms with E-state index in [1.165, 1.54) is 6.42 Å². The van der Waals surface area contributed by atoms with Gasteiger partial charge in [-0.1, -0.05) is 0 Å². The predicted octanol–water partition coefficient (Wildman–Crippen LogP) is 1.68. The summed E-state index contributed by atoms with van der Waals surface area (Å²) in [7, 11) is 0. The van der Waals surface area contributed by atoms with E-state index in [1.807, 2.05) is 0 Å². The number of Topliss-reactive ketones (excluding diaryl/α,β-unsaturated/α-hetero) is 1. The van der Waals surface area contributed by atoms with Crippen LogP contribution in [-0.4, -0.2) is 17.5 Å². The third-order valence-corrected chi connectivity index (χ3v) is 2.71. The van der Waals surface area contributed by atoms with Crippen LogP contribution in [-0.2, 0) is 9.53 Å². The molecule has 0 N–H and O–H groups in total. The van der Waals surface area contributed by atoms with E-state index in [2.05, 4.69) is 6.92 Å². The molecular weight excluding hydrogens is 140 g/mol. The number of ether oxygens (including phenoxy) is 1. The molecule has 2 rings (SSSR count). The van der Waals surface area contributed by atoms with Gasteiger partial charge in [-0.25, -0.2) is 0 Å². The SMILES string of the molecule is C[C@@]12CCC[C@@H](CC(=O)C1)O2. The maximum Gasteiger partial charge on any atom is 0.138 e. The number of rotatable bonds is 0. The van der Waals surface area contributed by atoms with E-state index in [9.17, 15) is 4.79 Å². The van der Waals surface area contributed by atoms with E-state index >= 15 is 0 Å². The number of fused-ring (bicyclic) bond motifs is 2. The average Bonchev–Trinajstić information content (AvgIpc) is 1.82. The highest BCUT2D eigenvalue weighted by Crippen LogP contribution is 2.37. The summed E-state index contributed by atoms with van der Waals surface area (Å²) in [6.45, 7) is 2.07. The molecule has 0 aromatic rings. The van der Waals surface area contributed by atoms with E-state index in [0.29, 0.717) is 18.6 Å². The van der Waals surface area contributed by atoms with Gasteiger partial charge in [0.15, 0.2) is 0 Å². The second kappa shape index (κ2) is 2.31. The molecule has 2 bridgehead atoms. The molecule has 2 fully saturated rings. The first kappa shape index (κ1) is 7.29. The molecule has 2 aliphatic heterocycles. The van der Waals surface area contributed by atoms with Gasteiger partial charge in [0, 0.05) is 12.8 Å². The van der Waals surface area contributed by atoms with Crippen molar-refractivity contribution in [1.29, 1.82) is 0 Å². The monoisotopic (exact) mass is 154 g/mol. The first-order valence-electron chi connectivity index (χ1n) is 4.37. The third kappa shape index (κ3) is 1.32. The summed E-state index contributed by atoms with van der Waals surface area (Å²) in [6.07, 6.45) is 4.93. The van der Waals surface area contributed by atoms with Gasteiger partial charge in [-0.05, 0) is 26.2 Å². The molecule has 2 heterocycles. The van der Waals surface area contributed by atoms with Gasteiger partial charge in [-0.15, -0.1) is 0 Å². The Kier molecular flexibility index (Phi) is 1.53. The summed E-state index contributed by atoms with van der Waals surface area (Å²) in [6, 6.07) is 0. The van der Waals surface area contributed by atoms with E-state index in [0.717, 1.165) is 12.8 Å². The van der Waals surface area contributed by atoms with Crippen LogP contribution in [0.5, 0.6) is 0 Å². The third-order valence-electron chi connectivity index (χ3n) is 2.71. The fourth-order valence-electron chi connectivity index (χ4n) is 2.24. The minimum absolute atomic E-state index is 0.0990. The Balaban J connectivity index is 2.15. The first-order valence-corrected chi connectivity index (χ1v) is 4.37. The maximum absolute atomic E-state index is 11.2. The lowest BCUT2D eigenvalue weighted by Gasteiger charge is -2.42. The zero-order valence-corrected chi connectivity index (χ0v) is 6.93. The van der Waals surface area contributed by atoms with Gasteiger partial charge in [0.05, 0.1) is 11.7 Å². The second-order valence-electron chi connectivity index (χ2n) is 4.00. The van der Waals surface area contributed by atoms with E-state index in [-0.39, 0.29) is 11.7 Å². The Morgan fingerprint density at radius 1 is 1.64 bits per heavy atom. The lowest BCUT2D eigenvalue weighted by molar-refractivity contribution is -0.165. The van der Waals surface area contributed by atoms with Crippen LogP contribution in [0, 0.1) is 0 Å². The molecule has 62 valence electrons.